The smallest absolute Gasteiger partial charge is 0.0361 e. The third kappa shape index (κ3) is 6.32. The Balaban J connectivity index is 2.44. The van der Waals surface area contributed by atoms with Crippen molar-refractivity contribution < 1.29 is 5.21 Å². The summed E-state index contributed by atoms with van der Waals surface area (Å²) in [6, 6.07) is 8.73. The van der Waals surface area contributed by atoms with Crippen molar-refractivity contribution in [3.63, 3.8) is 0 Å². The molecule has 0 bridgehead atoms. The highest BCUT2D eigenvalue weighted by atomic mass is 32.2. The second-order valence-electron chi connectivity index (χ2n) is 5.11. The number of hydroxylamine groups is 1. The first kappa shape index (κ1) is 16.3. The molecular formula is C15H26N2OS. The van der Waals surface area contributed by atoms with Gasteiger partial charge in [0.1, 0.15) is 0 Å². The average molecular weight is 282 g/mol. The molecule has 0 aliphatic heterocycles. The van der Waals surface area contributed by atoms with E-state index in [9.17, 15) is 0 Å². The number of anilines is 1. The molecule has 1 rings (SSSR count). The highest BCUT2D eigenvalue weighted by molar-refractivity contribution is 7.98. The monoisotopic (exact) mass is 282 g/mol. The van der Waals surface area contributed by atoms with Crippen LogP contribution in [0.15, 0.2) is 24.3 Å². The first-order valence-corrected chi connectivity index (χ1v) is 8.19. The molecule has 0 aliphatic carbocycles. The van der Waals surface area contributed by atoms with E-state index in [0.717, 1.165) is 25.0 Å². The second-order valence-corrected chi connectivity index (χ2v) is 6.09. The zero-order valence-corrected chi connectivity index (χ0v) is 13.0. The Hall–Kier alpha value is -0.710. The lowest BCUT2D eigenvalue weighted by atomic mass is 9.97. The number of rotatable bonds is 9. The molecule has 0 aromatic heterocycles. The van der Waals surface area contributed by atoms with E-state index >= 15 is 0 Å². The van der Waals surface area contributed by atoms with E-state index in [2.05, 4.69) is 55.0 Å². The van der Waals surface area contributed by atoms with Crippen molar-refractivity contribution in [1.29, 1.82) is 0 Å². The van der Waals surface area contributed by atoms with Crippen LogP contribution in [0.25, 0.3) is 0 Å². The zero-order chi connectivity index (χ0) is 14.1. The molecule has 0 amide bonds. The summed E-state index contributed by atoms with van der Waals surface area (Å²) < 4.78 is 0. The van der Waals surface area contributed by atoms with E-state index in [0.29, 0.717) is 12.5 Å². The van der Waals surface area contributed by atoms with Crippen LogP contribution in [0, 0.1) is 5.92 Å². The first-order chi connectivity index (χ1) is 9.17. The van der Waals surface area contributed by atoms with E-state index in [1.807, 2.05) is 11.8 Å². The molecule has 0 radical (unpaired) electrons. The van der Waals surface area contributed by atoms with Crippen LogP contribution >= 0.6 is 11.8 Å². The summed E-state index contributed by atoms with van der Waals surface area (Å²) in [4.78, 5) is 2.11. The van der Waals surface area contributed by atoms with Crippen molar-refractivity contribution in [3.8, 4) is 0 Å². The maximum atomic E-state index is 8.87. The van der Waals surface area contributed by atoms with Crippen molar-refractivity contribution in [1.82, 2.24) is 5.48 Å². The molecule has 1 aromatic carbocycles. The van der Waals surface area contributed by atoms with Gasteiger partial charge in [-0.05, 0) is 54.9 Å². The molecule has 108 valence electrons. The van der Waals surface area contributed by atoms with Crippen LogP contribution in [0.2, 0.25) is 0 Å². The normalized spacial score (nSPS) is 12.4. The maximum Gasteiger partial charge on any atom is 0.0361 e. The topological polar surface area (TPSA) is 35.5 Å². The molecule has 0 saturated heterocycles. The summed E-state index contributed by atoms with van der Waals surface area (Å²) >= 11 is 1.87. The third-order valence-electron chi connectivity index (χ3n) is 3.40. The lowest BCUT2D eigenvalue weighted by molar-refractivity contribution is 0.145. The van der Waals surface area contributed by atoms with E-state index in [4.69, 9.17) is 5.21 Å². The number of nitrogens with one attached hydrogen (secondary N) is 1. The van der Waals surface area contributed by atoms with Crippen LogP contribution in [0.5, 0.6) is 0 Å². The first-order valence-electron chi connectivity index (χ1n) is 6.79. The van der Waals surface area contributed by atoms with Crippen LogP contribution in [-0.4, -0.2) is 37.9 Å². The molecule has 1 unspecified atom stereocenters. The lowest BCUT2D eigenvalue weighted by Gasteiger charge is -2.16. The Morgan fingerprint density at radius 2 is 1.89 bits per heavy atom. The minimum Gasteiger partial charge on any atom is -0.378 e. The van der Waals surface area contributed by atoms with Gasteiger partial charge in [-0.15, -0.1) is 0 Å². The van der Waals surface area contributed by atoms with Crippen molar-refractivity contribution in [3.05, 3.63) is 29.8 Å². The van der Waals surface area contributed by atoms with Crippen molar-refractivity contribution >= 4 is 17.4 Å². The molecule has 19 heavy (non-hydrogen) atoms. The highest BCUT2D eigenvalue weighted by Gasteiger charge is 2.08. The zero-order valence-electron chi connectivity index (χ0n) is 12.2. The van der Waals surface area contributed by atoms with E-state index in [1.165, 1.54) is 11.3 Å². The Morgan fingerprint density at radius 1 is 1.21 bits per heavy atom. The number of benzene rings is 1. The van der Waals surface area contributed by atoms with Gasteiger partial charge in [0.2, 0.25) is 0 Å². The Morgan fingerprint density at radius 3 is 2.42 bits per heavy atom. The standard InChI is InChI=1S/C15H26N2OS/c1-17(2)15-8-6-13(7-9-15)4-5-14(12-16-18)10-11-19-3/h6-9,14,16,18H,4-5,10-12H2,1-3H3. The minimum absolute atomic E-state index is 0.547. The molecule has 1 aromatic rings. The lowest BCUT2D eigenvalue weighted by Crippen LogP contribution is -2.20. The molecule has 0 heterocycles. The van der Waals surface area contributed by atoms with Gasteiger partial charge >= 0.3 is 0 Å². The quantitative estimate of drug-likeness (QED) is 0.683. The van der Waals surface area contributed by atoms with Gasteiger partial charge in [0.05, 0.1) is 0 Å². The number of thioether (sulfide) groups is 1. The number of aryl methyl sites for hydroxylation is 1. The fraction of sp³-hybridized carbons (Fsp3) is 0.600. The predicted molar refractivity (Wildman–Crippen MR) is 85.4 cm³/mol. The van der Waals surface area contributed by atoms with Gasteiger partial charge in [-0.2, -0.15) is 11.8 Å². The molecule has 2 N–H and O–H groups in total. The van der Waals surface area contributed by atoms with Crippen molar-refractivity contribution in [2.75, 3.05) is 37.5 Å². The summed E-state index contributed by atoms with van der Waals surface area (Å²) in [5.41, 5.74) is 4.93. The Bertz CT molecular complexity index is 341. The van der Waals surface area contributed by atoms with Gasteiger partial charge in [0.25, 0.3) is 0 Å². The van der Waals surface area contributed by atoms with Crippen LogP contribution in [-0.2, 0) is 6.42 Å². The second kappa shape index (κ2) is 9.23. The Labute approximate surface area is 121 Å². The molecule has 0 spiro atoms. The van der Waals surface area contributed by atoms with Gasteiger partial charge in [0.15, 0.2) is 0 Å². The number of nitrogens with zero attached hydrogens (tertiary/aromatic N) is 1. The SMILES string of the molecule is CSCCC(CCc1ccc(N(C)C)cc1)CNO. The fourth-order valence-corrected chi connectivity index (χ4v) is 2.66. The molecule has 0 aliphatic rings. The van der Waals surface area contributed by atoms with E-state index in [-0.39, 0.29) is 0 Å². The van der Waals surface area contributed by atoms with Gasteiger partial charge in [-0.1, -0.05) is 12.1 Å². The maximum absolute atomic E-state index is 8.87. The van der Waals surface area contributed by atoms with Crippen LogP contribution in [0.4, 0.5) is 5.69 Å². The van der Waals surface area contributed by atoms with Gasteiger partial charge in [-0.3, -0.25) is 0 Å². The van der Waals surface area contributed by atoms with Crippen molar-refractivity contribution in [2.24, 2.45) is 5.92 Å². The number of hydrogen-bond acceptors (Lipinski definition) is 4. The predicted octanol–water partition coefficient (Wildman–Crippen LogP) is 3.03. The molecule has 0 saturated carbocycles. The summed E-state index contributed by atoms with van der Waals surface area (Å²) in [7, 11) is 4.11. The van der Waals surface area contributed by atoms with Gasteiger partial charge in [0, 0.05) is 26.3 Å². The molecule has 1 atom stereocenters. The van der Waals surface area contributed by atoms with Gasteiger partial charge < -0.3 is 10.1 Å². The molecule has 3 nitrogen and oxygen atoms in total. The van der Waals surface area contributed by atoms with Crippen molar-refractivity contribution in [2.45, 2.75) is 19.3 Å². The molecule has 0 fully saturated rings. The number of hydrogen-bond donors (Lipinski definition) is 2. The third-order valence-corrected chi connectivity index (χ3v) is 4.05. The summed E-state index contributed by atoms with van der Waals surface area (Å²) in [6.45, 7) is 0.691. The molecule has 4 heteroatoms. The van der Waals surface area contributed by atoms with Gasteiger partial charge in [-0.25, -0.2) is 5.48 Å². The van der Waals surface area contributed by atoms with Crippen LogP contribution < -0.4 is 10.4 Å². The van der Waals surface area contributed by atoms with E-state index in [1.54, 1.807) is 0 Å². The fourth-order valence-electron chi connectivity index (χ4n) is 2.09. The van der Waals surface area contributed by atoms with Crippen LogP contribution in [0.3, 0.4) is 0 Å². The molecular weight excluding hydrogens is 256 g/mol. The summed E-state index contributed by atoms with van der Waals surface area (Å²) in [6.07, 6.45) is 5.48. The Kier molecular flexibility index (Phi) is 7.94. The summed E-state index contributed by atoms with van der Waals surface area (Å²) in [5.74, 6) is 1.71. The van der Waals surface area contributed by atoms with E-state index < -0.39 is 0 Å². The minimum atomic E-state index is 0.547. The average Bonchev–Trinajstić information content (AvgIpc) is 2.42. The summed E-state index contributed by atoms with van der Waals surface area (Å²) in [5, 5.41) is 8.87. The highest BCUT2D eigenvalue weighted by Crippen LogP contribution is 2.17. The largest absolute Gasteiger partial charge is 0.378 e. The van der Waals surface area contributed by atoms with Crippen LogP contribution in [0.1, 0.15) is 18.4 Å².